The number of hydrogen-bond donors (Lipinski definition) is 2. The molecule has 0 spiro atoms. The molecule has 6 heteroatoms. The fourth-order valence-electron chi connectivity index (χ4n) is 3.21. The van der Waals surface area contributed by atoms with E-state index in [1.807, 2.05) is 0 Å². The van der Waals surface area contributed by atoms with E-state index >= 15 is 0 Å². The predicted molar refractivity (Wildman–Crippen MR) is 73.4 cm³/mol. The summed E-state index contributed by atoms with van der Waals surface area (Å²) in [5, 5.41) is 18.8. The quantitative estimate of drug-likeness (QED) is 0.796. The van der Waals surface area contributed by atoms with Crippen LogP contribution in [0.1, 0.15) is 39.0 Å². The van der Waals surface area contributed by atoms with Gasteiger partial charge in [0.2, 0.25) is 0 Å². The number of likely N-dealkylation sites (tertiary alicyclic amines) is 2. The van der Waals surface area contributed by atoms with Crippen LogP contribution in [0.2, 0.25) is 0 Å². The van der Waals surface area contributed by atoms with Gasteiger partial charge in [-0.25, -0.2) is 9.59 Å². The number of carbonyl (C=O) groups is 2. The molecule has 3 atom stereocenters. The normalized spacial score (nSPS) is 31.2. The van der Waals surface area contributed by atoms with Crippen LogP contribution in [-0.2, 0) is 4.79 Å². The number of hydrogen-bond acceptors (Lipinski definition) is 3. The minimum atomic E-state index is -1.03. The molecule has 2 saturated heterocycles. The van der Waals surface area contributed by atoms with Gasteiger partial charge < -0.3 is 20.0 Å². The van der Waals surface area contributed by atoms with Crippen LogP contribution in [0, 0.1) is 5.92 Å². The Bertz CT molecular complexity index is 374. The van der Waals surface area contributed by atoms with Gasteiger partial charge in [0, 0.05) is 26.1 Å². The third-order valence-electron chi connectivity index (χ3n) is 4.51. The van der Waals surface area contributed by atoms with Gasteiger partial charge in [0.1, 0.15) is 6.04 Å². The number of aliphatic hydroxyl groups excluding tert-OH is 1. The number of nitrogens with zero attached hydrogens (tertiary/aromatic N) is 2. The Morgan fingerprint density at radius 2 is 2.00 bits per heavy atom. The zero-order valence-electron chi connectivity index (χ0n) is 12.0. The van der Waals surface area contributed by atoms with Gasteiger partial charge in [-0.3, -0.25) is 0 Å². The molecule has 2 rings (SSSR count). The van der Waals surface area contributed by atoms with Crippen molar-refractivity contribution in [1.29, 1.82) is 0 Å². The molecule has 2 N–H and O–H groups in total. The zero-order valence-corrected chi connectivity index (χ0v) is 12.0. The number of rotatable bonds is 2. The van der Waals surface area contributed by atoms with E-state index in [9.17, 15) is 14.7 Å². The zero-order chi connectivity index (χ0) is 14.7. The van der Waals surface area contributed by atoms with Crippen LogP contribution in [0.25, 0.3) is 0 Å². The average Bonchev–Trinajstić information content (AvgIpc) is 2.67. The molecular weight excluding hydrogens is 260 g/mol. The SMILES string of the molecule is CCC1CCCN(C(=O)N2CC(O)CC2C(=O)O)CC1. The van der Waals surface area contributed by atoms with E-state index in [1.165, 1.54) is 4.90 Å². The topological polar surface area (TPSA) is 81.1 Å². The van der Waals surface area contributed by atoms with E-state index < -0.39 is 18.1 Å². The maximum Gasteiger partial charge on any atom is 0.326 e. The molecular formula is C14H24N2O4. The molecule has 2 amide bonds. The molecule has 2 heterocycles. The summed E-state index contributed by atoms with van der Waals surface area (Å²) in [5.74, 6) is -0.372. The molecule has 20 heavy (non-hydrogen) atoms. The smallest absolute Gasteiger partial charge is 0.326 e. The Balaban J connectivity index is 2.01. The summed E-state index contributed by atoms with van der Waals surface area (Å²) in [6.45, 7) is 3.67. The van der Waals surface area contributed by atoms with Crippen molar-refractivity contribution in [3.63, 3.8) is 0 Å². The fourth-order valence-corrected chi connectivity index (χ4v) is 3.21. The lowest BCUT2D eigenvalue weighted by Gasteiger charge is -2.29. The maximum atomic E-state index is 12.5. The van der Waals surface area contributed by atoms with Crippen molar-refractivity contribution < 1.29 is 19.8 Å². The number of urea groups is 1. The second-order valence-corrected chi connectivity index (χ2v) is 5.87. The second kappa shape index (κ2) is 6.43. The van der Waals surface area contributed by atoms with Crippen molar-refractivity contribution in [3.8, 4) is 0 Å². The molecule has 0 aromatic heterocycles. The summed E-state index contributed by atoms with van der Waals surface area (Å²) in [5.41, 5.74) is 0. The first-order valence-corrected chi connectivity index (χ1v) is 7.49. The van der Waals surface area contributed by atoms with Crippen molar-refractivity contribution >= 4 is 12.0 Å². The van der Waals surface area contributed by atoms with Gasteiger partial charge in [-0.05, 0) is 25.2 Å². The first-order valence-electron chi connectivity index (χ1n) is 7.49. The Kier molecular flexibility index (Phi) is 4.86. The van der Waals surface area contributed by atoms with Crippen LogP contribution >= 0.6 is 0 Å². The number of aliphatic carboxylic acids is 1. The molecule has 6 nitrogen and oxygen atoms in total. The van der Waals surface area contributed by atoms with E-state index in [0.29, 0.717) is 19.0 Å². The molecule has 0 aromatic rings. The van der Waals surface area contributed by atoms with Gasteiger partial charge in [-0.15, -0.1) is 0 Å². The van der Waals surface area contributed by atoms with E-state index in [1.54, 1.807) is 4.90 Å². The minimum absolute atomic E-state index is 0.128. The van der Waals surface area contributed by atoms with E-state index in [0.717, 1.165) is 25.7 Å². The number of carboxylic acids is 1. The van der Waals surface area contributed by atoms with Gasteiger partial charge >= 0.3 is 12.0 Å². The highest BCUT2D eigenvalue weighted by Crippen LogP contribution is 2.24. The predicted octanol–water partition coefficient (Wildman–Crippen LogP) is 1.14. The highest BCUT2D eigenvalue weighted by atomic mass is 16.4. The Morgan fingerprint density at radius 3 is 2.65 bits per heavy atom. The summed E-state index contributed by atoms with van der Waals surface area (Å²) in [7, 11) is 0. The molecule has 0 aromatic carbocycles. The molecule has 0 radical (unpaired) electrons. The minimum Gasteiger partial charge on any atom is -0.480 e. The Hall–Kier alpha value is -1.30. The van der Waals surface area contributed by atoms with Gasteiger partial charge in [0.15, 0.2) is 0 Å². The van der Waals surface area contributed by atoms with Crippen molar-refractivity contribution in [2.24, 2.45) is 5.92 Å². The molecule has 3 unspecified atom stereocenters. The lowest BCUT2D eigenvalue weighted by molar-refractivity contribution is -0.141. The van der Waals surface area contributed by atoms with Crippen LogP contribution in [0.3, 0.4) is 0 Å². The van der Waals surface area contributed by atoms with Crippen LogP contribution in [0.4, 0.5) is 4.79 Å². The lowest BCUT2D eigenvalue weighted by Crippen LogP contribution is -2.48. The number of carbonyl (C=O) groups excluding carboxylic acids is 1. The number of amides is 2. The van der Waals surface area contributed by atoms with E-state index in [2.05, 4.69) is 6.92 Å². The summed E-state index contributed by atoms with van der Waals surface area (Å²) in [4.78, 5) is 26.7. The molecule has 2 aliphatic heterocycles. The molecule has 2 fully saturated rings. The third-order valence-corrected chi connectivity index (χ3v) is 4.51. The van der Waals surface area contributed by atoms with Gasteiger partial charge in [0.25, 0.3) is 0 Å². The maximum absolute atomic E-state index is 12.5. The highest BCUT2D eigenvalue weighted by Gasteiger charge is 2.40. The van der Waals surface area contributed by atoms with Crippen molar-refractivity contribution in [2.75, 3.05) is 19.6 Å². The highest BCUT2D eigenvalue weighted by molar-refractivity contribution is 5.83. The van der Waals surface area contributed by atoms with Gasteiger partial charge in [0.05, 0.1) is 6.10 Å². The Labute approximate surface area is 119 Å². The molecule has 0 saturated carbocycles. The van der Waals surface area contributed by atoms with Gasteiger partial charge in [-0.1, -0.05) is 13.3 Å². The monoisotopic (exact) mass is 284 g/mol. The molecule has 114 valence electrons. The summed E-state index contributed by atoms with van der Waals surface area (Å²) < 4.78 is 0. The van der Waals surface area contributed by atoms with Crippen molar-refractivity contribution in [3.05, 3.63) is 0 Å². The third kappa shape index (κ3) is 3.23. The average molecular weight is 284 g/mol. The van der Waals surface area contributed by atoms with Crippen LogP contribution in [0.5, 0.6) is 0 Å². The van der Waals surface area contributed by atoms with Crippen molar-refractivity contribution in [1.82, 2.24) is 9.80 Å². The lowest BCUT2D eigenvalue weighted by atomic mass is 9.98. The van der Waals surface area contributed by atoms with Crippen molar-refractivity contribution in [2.45, 2.75) is 51.2 Å². The Morgan fingerprint density at radius 1 is 1.25 bits per heavy atom. The standard InChI is InChI=1S/C14H24N2O4/c1-2-10-4-3-6-15(7-5-10)14(20)16-9-11(17)8-12(16)13(18)19/h10-12,17H,2-9H2,1H3,(H,18,19). The van der Waals surface area contributed by atoms with E-state index in [-0.39, 0.29) is 19.0 Å². The number of β-amino-alcohol motifs (C(OH)–C–C–N with tert-alkyl or cyclic N) is 1. The first kappa shape index (κ1) is 15.1. The first-order chi connectivity index (χ1) is 9.52. The van der Waals surface area contributed by atoms with Crippen LogP contribution < -0.4 is 0 Å². The van der Waals surface area contributed by atoms with Gasteiger partial charge in [-0.2, -0.15) is 0 Å². The summed E-state index contributed by atoms with van der Waals surface area (Å²) >= 11 is 0. The van der Waals surface area contributed by atoms with Crippen LogP contribution in [-0.4, -0.2) is 63.8 Å². The molecule has 0 aliphatic carbocycles. The number of carboxylic acid groups (broad SMARTS) is 1. The van der Waals surface area contributed by atoms with Crippen LogP contribution in [0.15, 0.2) is 0 Å². The molecule has 0 bridgehead atoms. The summed E-state index contributed by atoms with van der Waals surface area (Å²) in [6.07, 6.45) is 3.62. The second-order valence-electron chi connectivity index (χ2n) is 5.87. The number of aliphatic hydroxyl groups is 1. The van der Waals surface area contributed by atoms with E-state index in [4.69, 9.17) is 5.11 Å². The molecule has 2 aliphatic rings. The largest absolute Gasteiger partial charge is 0.480 e. The fraction of sp³-hybridized carbons (Fsp3) is 0.857. The summed E-state index contributed by atoms with van der Waals surface area (Å²) in [6, 6.07) is -1.12.